The van der Waals surface area contributed by atoms with E-state index in [0.29, 0.717) is 17.8 Å². The molecule has 0 spiro atoms. The number of nitrogen functional groups attached to an aromatic ring is 1. The summed E-state index contributed by atoms with van der Waals surface area (Å²) in [4.78, 5) is 7.74. The highest BCUT2D eigenvalue weighted by atomic mass is 16.4. The molecule has 0 saturated carbocycles. The lowest BCUT2D eigenvalue weighted by Crippen LogP contribution is -2.06. The zero-order valence-electron chi connectivity index (χ0n) is 8.14. The highest BCUT2D eigenvalue weighted by Crippen LogP contribution is 2.06. The van der Waals surface area contributed by atoms with E-state index in [9.17, 15) is 0 Å². The second-order valence-corrected chi connectivity index (χ2v) is 2.95. The van der Waals surface area contributed by atoms with Gasteiger partial charge in [0.25, 0.3) is 0 Å². The van der Waals surface area contributed by atoms with E-state index in [2.05, 4.69) is 22.0 Å². The minimum Gasteiger partial charge on any atom is -0.411 e. The molecule has 0 atom stereocenters. The van der Waals surface area contributed by atoms with Gasteiger partial charge < -0.3 is 10.9 Å². The second-order valence-electron chi connectivity index (χ2n) is 2.95. The van der Waals surface area contributed by atoms with Crippen molar-refractivity contribution in [2.24, 2.45) is 5.16 Å². The van der Waals surface area contributed by atoms with Gasteiger partial charge in [0.05, 0.1) is 5.69 Å². The van der Waals surface area contributed by atoms with Crippen LogP contribution in [0.1, 0.15) is 31.9 Å². The van der Waals surface area contributed by atoms with Gasteiger partial charge in [0.15, 0.2) is 0 Å². The van der Waals surface area contributed by atoms with E-state index in [4.69, 9.17) is 10.9 Å². The molecule has 0 saturated heterocycles. The van der Waals surface area contributed by atoms with Gasteiger partial charge in [0.2, 0.25) is 5.95 Å². The summed E-state index contributed by atoms with van der Waals surface area (Å²) in [6.07, 6.45) is 4.25. The fraction of sp³-hybridized carbons (Fsp3) is 0.444. The summed E-state index contributed by atoms with van der Waals surface area (Å²) in [5.41, 5.74) is 6.57. The van der Waals surface area contributed by atoms with Crippen molar-refractivity contribution in [3.05, 3.63) is 18.0 Å². The van der Waals surface area contributed by atoms with E-state index in [-0.39, 0.29) is 5.95 Å². The van der Waals surface area contributed by atoms with Crippen LogP contribution in [0.3, 0.4) is 0 Å². The van der Waals surface area contributed by atoms with Crippen LogP contribution in [0.25, 0.3) is 0 Å². The molecule has 5 heteroatoms. The third-order valence-corrected chi connectivity index (χ3v) is 1.86. The molecule has 1 aromatic heterocycles. The Morgan fingerprint density at radius 1 is 1.64 bits per heavy atom. The molecule has 1 aromatic rings. The van der Waals surface area contributed by atoms with Crippen molar-refractivity contribution in [2.75, 3.05) is 5.73 Å². The first kappa shape index (κ1) is 10.4. The Labute approximate surface area is 82.7 Å². The first-order chi connectivity index (χ1) is 6.77. The lowest BCUT2D eigenvalue weighted by molar-refractivity contribution is 0.317. The molecule has 0 unspecified atom stereocenters. The molecular formula is C9H14N4O. The van der Waals surface area contributed by atoms with Gasteiger partial charge in [-0.05, 0) is 18.9 Å². The van der Waals surface area contributed by atoms with Gasteiger partial charge in [-0.25, -0.2) is 9.97 Å². The molecule has 0 aliphatic heterocycles. The normalized spacial score (nSPS) is 11.6. The number of anilines is 1. The summed E-state index contributed by atoms with van der Waals surface area (Å²) in [5.74, 6) is 0.195. The number of oxime groups is 1. The molecule has 1 rings (SSSR count). The largest absolute Gasteiger partial charge is 0.411 e. The van der Waals surface area contributed by atoms with Gasteiger partial charge in [-0.1, -0.05) is 18.5 Å². The van der Waals surface area contributed by atoms with Crippen LogP contribution < -0.4 is 5.73 Å². The van der Waals surface area contributed by atoms with E-state index < -0.39 is 0 Å². The number of nitrogens with zero attached hydrogens (tertiary/aromatic N) is 3. The van der Waals surface area contributed by atoms with Crippen molar-refractivity contribution in [3.63, 3.8) is 0 Å². The monoisotopic (exact) mass is 194 g/mol. The predicted octanol–water partition coefficient (Wildman–Crippen LogP) is 1.43. The molecule has 3 N–H and O–H groups in total. The van der Waals surface area contributed by atoms with E-state index >= 15 is 0 Å². The molecule has 14 heavy (non-hydrogen) atoms. The summed E-state index contributed by atoms with van der Waals surface area (Å²) < 4.78 is 0. The van der Waals surface area contributed by atoms with Crippen LogP contribution in [0.15, 0.2) is 17.4 Å². The Morgan fingerprint density at radius 3 is 3.00 bits per heavy atom. The number of aromatic nitrogens is 2. The van der Waals surface area contributed by atoms with Crippen molar-refractivity contribution in [1.29, 1.82) is 0 Å². The molecule has 0 bridgehead atoms. The lowest BCUT2D eigenvalue weighted by atomic mass is 10.1. The molecule has 1 heterocycles. The van der Waals surface area contributed by atoms with Gasteiger partial charge in [-0.3, -0.25) is 0 Å². The van der Waals surface area contributed by atoms with Crippen molar-refractivity contribution < 1.29 is 5.21 Å². The van der Waals surface area contributed by atoms with Gasteiger partial charge in [-0.15, -0.1) is 0 Å². The molecule has 0 aliphatic rings. The lowest BCUT2D eigenvalue weighted by Gasteiger charge is -2.02. The number of hydrogen-bond donors (Lipinski definition) is 2. The van der Waals surface area contributed by atoms with Crippen LogP contribution in [0.5, 0.6) is 0 Å². The zero-order valence-corrected chi connectivity index (χ0v) is 8.14. The van der Waals surface area contributed by atoms with Gasteiger partial charge in [0.1, 0.15) is 5.71 Å². The van der Waals surface area contributed by atoms with Crippen molar-refractivity contribution in [3.8, 4) is 0 Å². The molecule has 0 aliphatic carbocycles. The van der Waals surface area contributed by atoms with Crippen LogP contribution in [0.4, 0.5) is 5.95 Å². The average molecular weight is 194 g/mol. The quantitative estimate of drug-likeness (QED) is 0.431. The summed E-state index contributed by atoms with van der Waals surface area (Å²) in [7, 11) is 0. The molecule has 0 radical (unpaired) electrons. The molecular weight excluding hydrogens is 180 g/mol. The zero-order chi connectivity index (χ0) is 10.4. The maximum absolute atomic E-state index is 8.78. The fourth-order valence-corrected chi connectivity index (χ4v) is 1.11. The molecule has 5 nitrogen and oxygen atoms in total. The van der Waals surface area contributed by atoms with Crippen LogP contribution in [-0.2, 0) is 0 Å². The third-order valence-electron chi connectivity index (χ3n) is 1.86. The molecule has 76 valence electrons. The van der Waals surface area contributed by atoms with Gasteiger partial charge >= 0.3 is 0 Å². The Morgan fingerprint density at radius 2 is 2.43 bits per heavy atom. The fourth-order valence-electron chi connectivity index (χ4n) is 1.11. The van der Waals surface area contributed by atoms with Crippen molar-refractivity contribution in [1.82, 2.24) is 9.97 Å². The van der Waals surface area contributed by atoms with Crippen molar-refractivity contribution in [2.45, 2.75) is 26.2 Å². The van der Waals surface area contributed by atoms with E-state index in [1.54, 1.807) is 12.3 Å². The summed E-state index contributed by atoms with van der Waals surface area (Å²) in [6.45, 7) is 2.07. The predicted molar refractivity (Wildman–Crippen MR) is 54.3 cm³/mol. The minimum atomic E-state index is 0.195. The van der Waals surface area contributed by atoms with Crippen LogP contribution in [-0.4, -0.2) is 20.9 Å². The maximum atomic E-state index is 8.78. The summed E-state index contributed by atoms with van der Waals surface area (Å²) >= 11 is 0. The Balaban J connectivity index is 2.79. The van der Waals surface area contributed by atoms with Gasteiger partial charge in [-0.2, -0.15) is 0 Å². The highest BCUT2D eigenvalue weighted by molar-refractivity contribution is 5.98. The van der Waals surface area contributed by atoms with E-state index in [0.717, 1.165) is 12.8 Å². The van der Waals surface area contributed by atoms with Gasteiger partial charge in [0, 0.05) is 6.20 Å². The SMILES string of the molecule is CCCC/C(=N/O)c1ccnc(N)n1. The maximum Gasteiger partial charge on any atom is 0.220 e. The van der Waals surface area contributed by atoms with Crippen LogP contribution in [0.2, 0.25) is 0 Å². The number of nitrogens with two attached hydrogens (primary N) is 1. The molecule has 0 fully saturated rings. The van der Waals surface area contributed by atoms with Crippen LogP contribution >= 0.6 is 0 Å². The Hall–Kier alpha value is -1.65. The number of rotatable bonds is 4. The first-order valence-corrected chi connectivity index (χ1v) is 4.57. The standard InChI is InChI=1S/C9H14N4O/c1-2-3-4-8(13-14)7-5-6-11-9(10)12-7/h5-6,14H,2-4H2,1H3,(H2,10,11,12)/b13-8-. The minimum absolute atomic E-state index is 0.195. The van der Waals surface area contributed by atoms with Crippen LogP contribution in [0, 0.1) is 0 Å². The smallest absolute Gasteiger partial charge is 0.220 e. The average Bonchev–Trinajstić information content (AvgIpc) is 2.19. The second kappa shape index (κ2) is 5.16. The Kier molecular flexibility index (Phi) is 3.84. The molecule has 0 amide bonds. The number of unbranched alkanes of at least 4 members (excludes halogenated alkanes) is 1. The van der Waals surface area contributed by atoms with Crippen molar-refractivity contribution >= 4 is 11.7 Å². The Bertz CT molecular complexity index is 324. The first-order valence-electron chi connectivity index (χ1n) is 4.57. The highest BCUT2D eigenvalue weighted by Gasteiger charge is 2.05. The summed E-state index contributed by atoms with van der Waals surface area (Å²) in [6, 6.07) is 1.68. The van der Waals surface area contributed by atoms with E-state index in [1.807, 2.05) is 0 Å². The topological polar surface area (TPSA) is 84.4 Å². The number of hydrogen-bond acceptors (Lipinski definition) is 5. The third kappa shape index (κ3) is 2.69. The molecule has 0 aromatic carbocycles. The van der Waals surface area contributed by atoms with E-state index in [1.165, 1.54) is 0 Å². The summed E-state index contributed by atoms with van der Waals surface area (Å²) in [5, 5.41) is 12.0.